The molecule has 1 amide bonds. The highest BCUT2D eigenvalue weighted by Gasteiger charge is 2.32. The number of amides is 1. The Morgan fingerprint density at radius 3 is 2.35 bits per heavy atom. The monoisotopic (exact) mass is 374 g/mol. The van der Waals surface area contributed by atoms with E-state index in [4.69, 9.17) is 11.6 Å². The highest BCUT2D eigenvalue weighted by Crippen LogP contribution is 2.30. The second kappa shape index (κ2) is 8.61. The molecule has 2 saturated heterocycles. The van der Waals surface area contributed by atoms with E-state index in [1.165, 1.54) is 0 Å². The molecule has 1 unspecified atom stereocenters. The summed E-state index contributed by atoms with van der Waals surface area (Å²) < 4.78 is 0. The number of carbonyl (C=O) groups is 1. The summed E-state index contributed by atoms with van der Waals surface area (Å²) in [5.41, 5.74) is 0. The number of carbonyl (C=O) groups excluding carboxylic acids is 1. The zero-order valence-corrected chi connectivity index (χ0v) is 15.7. The van der Waals surface area contributed by atoms with E-state index >= 15 is 0 Å². The molecule has 0 radical (unpaired) electrons. The van der Waals surface area contributed by atoms with Crippen molar-refractivity contribution in [3.8, 4) is 0 Å². The molecule has 0 bridgehead atoms. The van der Waals surface area contributed by atoms with E-state index in [0.717, 1.165) is 60.8 Å². The maximum atomic E-state index is 12.7. The Morgan fingerprint density at radius 1 is 1.22 bits per heavy atom. The molecule has 3 atom stereocenters. The van der Waals surface area contributed by atoms with Crippen LogP contribution in [0.15, 0.2) is 29.2 Å². The van der Waals surface area contributed by atoms with Crippen LogP contribution in [0.3, 0.4) is 0 Å². The van der Waals surface area contributed by atoms with Crippen molar-refractivity contribution >= 4 is 41.7 Å². The Kier molecular flexibility index (Phi) is 7.08. The maximum Gasteiger partial charge on any atom is 0.235 e. The van der Waals surface area contributed by atoms with Crippen LogP contribution < -0.4 is 5.32 Å². The molecule has 0 spiro atoms. The first-order valence-corrected chi connectivity index (χ1v) is 9.31. The number of thioether (sulfide) groups is 1. The number of nitrogens with zero attached hydrogens (tertiary/aromatic N) is 1. The van der Waals surface area contributed by atoms with Crippen LogP contribution in [-0.4, -0.2) is 42.2 Å². The third kappa shape index (κ3) is 4.79. The average Bonchev–Trinajstić information content (AvgIpc) is 2.87. The van der Waals surface area contributed by atoms with Crippen LogP contribution in [0.25, 0.3) is 0 Å². The molecule has 1 aromatic rings. The lowest BCUT2D eigenvalue weighted by Gasteiger charge is -2.24. The highest BCUT2D eigenvalue weighted by atomic mass is 35.5. The molecule has 128 valence electrons. The van der Waals surface area contributed by atoms with Crippen molar-refractivity contribution in [3.63, 3.8) is 0 Å². The molecular weight excluding hydrogens is 351 g/mol. The van der Waals surface area contributed by atoms with E-state index in [0.29, 0.717) is 0 Å². The number of hydrogen-bond acceptors (Lipinski definition) is 3. The van der Waals surface area contributed by atoms with Gasteiger partial charge in [0.1, 0.15) is 0 Å². The lowest BCUT2D eigenvalue weighted by atomic mass is 9.92. The highest BCUT2D eigenvalue weighted by molar-refractivity contribution is 8.00. The number of halogens is 2. The first-order chi connectivity index (χ1) is 10.6. The minimum atomic E-state index is -0.0442. The fraction of sp³-hybridized carbons (Fsp3) is 0.588. The van der Waals surface area contributed by atoms with Crippen molar-refractivity contribution < 1.29 is 4.79 Å². The van der Waals surface area contributed by atoms with Crippen molar-refractivity contribution in [3.05, 3.63) is 29.3 Å². The zero-order valence-electron chi connectivity index (χ0n) is 13.3. The number of hydrogen-bond donors (Lipinski definition) is 1. The maximum absolute atomic E-state index is 12.7. The van der Waals surface area contributed by atoms with Crippen molar-refractivity contribution in [2.45, 2.75) is 29.9 Å². The molecule has 2 aliphatic heterocycles. The van der Waals surface area contributed by atoms with Gasteiger partial charge in [0.2, 0.25) is 5.91 Å². The topological polar surface area (TPSA) is 32.3 Å². The number of benzene rings is 1. The molecule has 0 aromatic heterocycles. The first-order valence-electron chi connectivity index (χ1n) is 8.05. The average molecular weight is 375 g/mol. The van der Waals surface area contributed by atoms with Gasteiger partial charge in [-0.2, -0.15) is 0 Å². The Balaban J connectivity index is 0.00000192. The lowest BCUT2D eigenvalue weighted by Crippen LogP contribution is -2.37. The Bertz CT molecular complexity index is 512. The van der Waals surface area contributed by atoms with E-state index in [9.17, 15) is 4.79 Å². The minimum absolute atomic E-state index is 0. The fourth-order valence-electron chi connectivity index (χ4n) is 3.46. The summed E-state index contributed by atoms with van der Waals surface area (Å²) in [6, 6.07) is 7.72. The van der Waals surface area contributed by atoms with Crippen LogP contribution in [0.2, 0.25) is 5.02 Å². The summed E-state index contributed by atoms with van der Waals surface area (Å²) in [4.78, 5) is 15.9. The first kappa shape index (κ1) is 18.9. The fourth-order valence-corrected chi connectivity index (χ4v) is 4.54. The van der Waals surface area contributed by atoms with Crippen LogP contribution in [0.4, 0.5) is 0 Å². The molecule has 0 saturated carbocycles. The summed E-state index contributed by atoms with van der Waals surface area (Å²) in [5.74, 6) is 1.79. The number of fused-ring (bicyclic) bond motifs is 1. The van der Waals surface area contributed by atoms with Crippen LogP contribution in [0.1, 0.15) is 19.8 Å². The molecule has 0 aliphatic carbocycles. The summed E-state index contributed by atoms with van der Waals surface area (Å²) in [7, 11) is 0. The standard InChI is InChI=1S/C17H23ClN2OS.ClH/c1-12(22-16-4-2-15(18)3-5-16)17(21)20-8-6-13-10-19-11-14(13)7-9-20;/h2-5,12-14,19H,6-11H2,1H3;1H/t12?,13-,14+;. The van der Waals surface area contributed by atoms with Crippen molar-refractivity contribution in [2.24, 2.45) is 11.8 Å². The van der Waals surface area contributed by atoms with E-state index in [-0.39, 0.29) is 23.6 Å². The largest absolute Gasteiger partial charge is 0.342 e. The molecule has 2 aliphatic rings. The van der Waals surface area contributed by atoms with Gasteiger partial charge in [0.25, 0.3) is 0 Å². The van der Waals surface area contributed by atoms with Gasteiger partial charge < -0.3 is 10.2 Å². The summed E-state index contributed by atoms with van der Waals surface area (Å²) in [6.07, 6.45) is 2.28. The van der Waals surface area contributed by atoms with Crippen molar-refractivity contribution in [1.29, 1.82) is 0 Å². The number of nitrogens with one attached hydrogen (secondary N) is 1. The summed E-state index contributed by atoms with van der Waals surface area (Å²) in [5, 5.41) is 4.17. The second-order valence-corrected chi connectivity index (χ2v) is 8.15. The van der Waals surface area contributed by atoms with Gasteiger partial charge in [-0.25, -0.2) is 0 Å². The quantitative estimate of drug-likeness (QED) is 0.818. The third-order valence-corrected chi connectivity index (χ3v) is 6.16. The molecule has 23 heavy (non-hydrogen) atoms. The van der Waals surface area contributed by atoms with Crippen molar-refractivity contribution in [1.82, 2.24) is 10.2 Å². The molecular formula is C17H24Cl2N2OS. The van der Waals surface area contributed by atoms with Gasteiger partial charge >= 0.3 is 0 Å². The van der Waals surface area contributed by atoms with Crippen LogP contribution in [0.5, 0.6) is 0 Å². The van der Waals surface area contributed by atoms with Crippen LogP contribution >= 0.6 is 35.8 Å². The minimum Gasteiger partial charge on any atom is -0.342 e. The van der Waals surface area contributed by atoms with Gasteiger partial charge in [0.15, 0.2) is 0 Å². The van der Waals surface area contributed by atoms with Gasteiger partial charge in [-0.1, -0.05) is 11.6 Å². The van der Waals surface area contributed by atoms with Gasteiger partial charge in [-0.3, -0.25) is 4.79 Å². The Hall–Kier alpha value is -0.420. The van der Waals surface area contributed by atoms with E-state index in [1.54, 1.807) is 11.8 Å². The SMILES string of the molecule is CC(Sc1ccc(Cl)cc1)C(=O)N1CC[C@@H]2CNC[C@@H]2CC1.Cl. The molecule has 1 N–H and O–H groups in total. The normalized spacial score (nSPS) is 25.2. The molecule has 3 rings (SSSR count). The number of likely N-dealkylation sites (tertiary alicyclic amines) is 1. The third-order valence-electron chi connectivity index (χ3n) is 4.81. The van der Waals surface area contributed by atoms with Crippen LogP contribution in [0, 0.1) is 11.8 Å². The summed E-state index contributed by atoms with van der Waals surface area (Å²) >= 11 is 7.53. The summed E-state index contributed by atoms with van der Waals surface area (Å²) in [6.45, 7) is 6.08. The molecule has 2 fully saturated rings. The molecule has 6 heteroatoms. The van der Waals surface area contributed by atoms with Crippen LogP contribution in [-0.2, 0) is 4.79 Å². The smallest absolute Gasteiger partial charge is 0.235 e. The van der Waals surface area contributed by atoms with Gasteiger partial charge in [0.05, 0.1) is 5.25 Å². The van der Waals surface area contributed by atoms with E-state index in [2.05, 4.69) is 10.2 Å². The van der Waals surface area contributed by atoms with Gasteiger partial charge in [-0.05, 0) is 69.0 Å². The predicted molar refractivity (Wildman–Crippen MR) is 99.7 cm³/mol. The molecule has 1 aromatic carbocycles. The molecule has 3 nitrogen and oxygen atoms in total. The predicted octanol–water partition coefficient (Wildman–Crippen LogP) is 3.70. The number of rotatable bonds is 3. The van der Waals surface area contributed by atoms with E-state index in [1.807, 2.05) is 31.2 Å². The Morgan fingerprint density at radius 2 is 1.78 bits per heavy atom. The van der Waals surface area contributed by atoms with Gasteiger partial charge in [-0.15, -0.1) is 24.2 Å². The van der Waals surface area contributed by atoms with Crippen molar-refractivity contribution in [2.75, 3.05) is 26.2 Å². The second-order valence-electron chi connectivity index (χ2n) is 6.30. The lowest BCUT2D eigenvalue weighted by molar-refractivity contribution is -0.130. The van der Waals surface area contributed by atoms with E-state index < -0.39 is 0 Å². The molecule has 2 heterocycles. The van der Waals surface area contributed by atoms with Gasteiger partial charge in [0, 0.05) is 23.0 Å². The Labute approximate surface area is 153 Å². The zero-order chi connectivity index (χ0) is 15.5.